The molecule has 0 radical (unpaired) electrons. The number of aliphatic carboxylic acids is 1. The Kier molecular flexibility index (Phi) is 2.73. The van der Waals surface area contributed by atoms with E-state index in [9.17, 15) is 4.79 Å². The molecular formula is C10H8N2O2S. The van der Waals surface area contributed by atoms with Gasteiger partial charge in [0.1, 0.15) is 5.01 Å². The third kappa shape index (κ3) is 2.38. The highest BCUT2D eigenvalue weighted by atomic mass is 32.1. The number of hydrogen-bond donors (Lipinski definition) is 1. The van der Waals surface area contributed by atoms with Crippen LogP contribution in [0.3, 0.4) is 0 Å². The van der Waals surface area contributed by atoms with Gasteiger partial charge in [0.15, 0.2) is 0 Å². The lowest BCUT2D eigenvalue weighted by Crippen LogP contribution is -2.02. The van der Waals surface area contributed by atoms with Gasteiger partial charge in [0.05, 0.1) is 17.8 Å². The predicted molar refractivity (Wildman–Crippen MR) is 56.7 cm³/mol. The fraction of sp³-hybridized carbons (Fsp3) is 0.100. The van der Waals surface area contributed by atoms with Gasteiger partial charge in [-0.15, -0.1) is 11.3 Å². The molecule has 76 valence electrons. The van der Waals surface area contributed by atoms with Gasteiger partial charge in [0, 0.05) is 11.6 Å². The van der Waals surface area contributed by atoms with Gasteiger partial charge in [-0.25, -0.2) is 9.97 Å². The molecule has 0 fully saturated rings. The molecule has 0 saturated carbocycles. The SMILES string of the molecule is O=C(O)Cc1cccc(-c2nccs2)n1. The van der Waals surface area contributed by atoms with Gasteiger partial charge < -0.3 is 5.11 Å². The molecule has 4 nitrogen and oxygen atoms in total. The van der Waals surface area contributed by atoms with Gasteiger partial charge in [0.25, 0.3) is 0 Å². The zero-order valence-electron chi connectivity index (χ0n) is 7.75. The van der Waals surface area contributed by atoms with Crippen LogP contribution < -0.4 is 0 Å². The van der Waals surface area contributed by atoms with Crippen LogP contribution in [0.1, 0.15) is 5.69 Å². The van der Waals surface area contributed by atoms with Crippen molar-refractivity contribution in [2.75, 3.05) is 0 Å². The molecular weight excluding hydrogens is 212 g/mol. The number of carboxylic acid groups (broad SMARTS) is 1. The molecule has 0 aliphatic carbocycles. The minimum atomic E-state index is -0.876. The zero-order valence-corrected chi connectivity index (χ0v) is 8.57. The molecule has 0 amide bonds. The lowest BCUT2D eigenvalue weighted by atomic mass is 10.2. The minimum Gasteiger partial charge on any atom is -0.481 e. The van der Waals surface area contributed by atoms with Crippen molar-refractivity contribution in [3.05, 3.63) is 35.5 Å². The standard InChI is InChI=1S/C10H8N2O2S/c13-9(14)6-7-2-1-3-8(12-7)10-11-4-5-15-10/h1-5H,6H2,(H,13,14). The summed E-state index contributed by atoms with van der Waals surface area (Å²) in [6, 6.07) is 5.32. The van der Waals surface area contributed by atoms with Crippen LogP contribution in [0.5, 0.6) is 0 Å². The molecule has 2 heterocycles. The summed E-state index contributed by atoms with van der Waals surface area (Å²) in [6.07, 6.45) is 1.64. The van der Waals surface area contributed by atoms with Gasteiger partial charge in [-0.2, -0.15) is 0 Å². The van der Waals surface area contributed by atoms with Crippen molar-refractivity contribution in [2.45, 2.75) is 6.42 Å². The van der Waals surface area contributed by atoms with Crippen LogP contribution in [0.2, 0.25) is 0 Å². The third-order valence-electron chi connectivity index (χ3n) is 1.79. The van der Waals surface area contributed by atoms with E-state index >= 15 is 0 Å². The van der Waals surface area contributed by atoms with Crippen molar-refractivity contribution in [3.8, 4) is 10.7 Å². The summed E-state index contributed by atoms with van der Waals surface area (Å²) in [6.45, 7) is 0. The van der Waals surface area contributed by atoms with Gasteiger partial charge in [-0.3, -0.25) is 4.79 Å². The van der Waals surface area contributed by atoms with Crippen molar-refractivity contribution in [1.29, 1.82) is 0 Å². The lowest BCUT2D eigenvalue weighted by Gasteiger charge is -1.99. The van der Waals surface area contributed by atoms with Crippen LogP contribution in [-0.4, -0.2) is 21.0 Å². The van der Waals surface area contributed by atoms with Crippen molar-refractivity contribution < 1.29 is 9.90 Å². The molecule has 0 saturated heterocycles. The maximum atomic E-state index is 10.5. The quantitative estimate of drug-likeness (QED) is 0.857. The number of thiazole rings is 1. The monoisotopic (exact) mass is 220 g/mol. The van der Waals surface area contributed by atoms with E-state index in [0.717, 1.165) is 10.7 Å². The summed E-state index contributed by atoms with van der Waals surface area (Å²) in [7, 11) is 0. The fourth-order valence-corrected chi connectivity index (χ4v) is 1.81. The molecule has 2 rings (SSSR count). The van der Waals surface area contributed by atoms with E-state index in [1.54, 1.807) is 18.3 Å². The highest BCUT2D eigenvalue weighted by Gasteiger charge is 2.05. The normalized spacial score (nSPS) is 10.1. The predicted octanol–water partition coefficient (Wildman–Crippen LogP) is 1.83. The molecule has 0 aromatic carbocycles. The first-order chi connectivity index (χ1) is 7.25. The second-order valence-electron chi connectivity index (χ2n) is 2.92. The third-order valence-corrected chi connectivity index (χ3v) is 2.59. The lowest BCUT2D eigenvalue weighted by molar-refractivity contribution is -0.136. The average molecular weight is 220 g/mol. The first-order valence-electron chi connectivity index (χ1n) is 4.33. The second-order valence-corrected chi connectivity index (χ2v) is 3.82. The first-order valence-corrected chi connectivity index (χ1v) is 5.21. The van der Waals surface area contributed by atoms with Gasteiger partial charge >= 0.3 is 5.97 Å². The molecule has 0 aliphatic rings. The van der Waals surface area contributed by atoms with Crippen molar-refractivity contribution >= 4 is 17.3 Å². The van der Waals surface area contributed by atoms with Crippen LogP contribution in [0.4, 0.5) is 0 Å². The molecule has 2 aromatic rings. The van der Waals surface area contributed by atoms with E-state index in [1.165, 1.54) is 11.3 Å². The van der Waals surface area contributed by atoms with Gasteiger partial charge in [0.2, 0.25) is 0 Å². The Morgan fingerprint density at radius 3 is 3.00 bits per heavy atom. The number of carboxylic acids is 1. The van der Waals surface area contributed by atoms with Crippen molar-refractivity contribution in [1.82, 2.24) is 9.97 Å². The molecule has 15 heavy (non-hydrogen) atoms. The van der Waals surface area contributed by atoms with Crippen LogP contribution >= 0.6 is 11.3 Å². The summed E-state index contributed by atoms with van der Waals surface area (Å²) >= 11 is 1.48. The molecule has 1 N–H and O–H groups in total. The van der Waals surface area contributed by atoms with E-state index in [4.69, 9.17) is 5.11 Å². The minimum absolute atomic E-state index is 0.0563. The smallest absolute Gasteiger partial charge is 0.309 e. The number of hydrogen-bond acceptors (Lipinski definition) is 4. The largest absolute Gasteiger partial charge is 0.481 e. The van der Waals surface area contributed by atoms with Crippen molar-refractivity contribution in [2.24, 2.45) is 0 Å². The van der Waals surface area contributed by atoms with Gasteiger partial charge in [-0.05, 0) is 12.1 Å². The highest BCUT2D eigenvalue weighted by molar-refractivity contribution is 7.13. The van der Waals surface area contributed by atoms with E-state index < -0.39 is 5.97 Å². The first kappa shape index (κ1) is 9.79. The maximum Gasteiger partial charge on any atom is 0.309 e. The number of nitrogens with zero attached hydrogens (tertiary/aromatic N) is 2. The summed E-state index contributed by atoms with van der Waals surface area (Å²) in [4.78, 5) is 18.9. The Morgan fingerprint density at radius 2 is 2.33 bits per heavy atom. The number of carbonyl (C=O) groups is 1. The Labute approximate surface area is 90.3 Å². The highest BCUT2D eigenvalue weighted by Crippen LogP contribution is 2.19. The number of pyridine rings is 1. The summed E-state index contributed by atoms with van der Waals surface area (Å²) in [5.41, 5.74) is 1.28. The topological polar surface area (TPSA) is 63.1 Å². The molecule has 0 spiro atoms. The maximum absolute atomic E-state index is 10.5. The van der Waals surface area contributed by atoms with Crippen LogP contribution in [0.15, 0.2) is 29.8 Å². The summed E-state index contributed by atoms with van der Waals surface area (Å²) in [5, 5.41) is 11.3. The number of aromatic nitrogens is 2. The van der Waals surface area contributed by atoms with Crippen LogP contribution in [0, 0.1) is 0 Å². The van der Waals surface area contributed by atoms with E-state index in [0.29, 0.717) is 5.69 Å². The molecule has 0 atom stereocenters. The Morgan fingerprint density at radius 1 is 1.47 bits per heavy atom. The zero-order chi connectivity index (χ0) is 10.7. The molecule has 0 unspecified atom stereocenters. The number of rotatable bonds is 3. The summed E-state index contributed by atoms with van der Waals surface area (Å²) < 4.78 is 0. The average Bonchev–Trinajstić information content (AvgIpc) is 2.69. The van der Waals surface area contributed by atoms with E-state index in [1.807, 2.05) is 11.4 Å². The molecule has 2 aromatic heterocycles. The van der Waals surface area contributed by atoms with E-state index in [2.05, 4.69) is 9.97 Å². The fourth-order valence-electron chi connectivity index (χ4n) is 1.20. The molecule has 5 heteroatoms. The van der Waals surface area contributed by atoms with Crippen LogP contribution in [0.25, 0.3) is 10.7 Å². The Balaban J connectivity index is 2.31. The Hall–Kier alpha value is -1.75. The molecule has 0 bridgehead atoms. The van der Waals surface area contributed by atoms with E-state index in [-0.39, 0.29) is 6.42 Å². The second kappa shape index (κ2) is 4.18. The molecule has 0 aliphatic heterocycles. The summed E-state index contributed by atoms with van der Waals surface area (Å²) in [5.74, 6) is -0.876. The Bertz CT molecular complexity index is 468. The van der Waals surface area contributed by atoms with Crippen molar-refractivity contribution in [3.63, 3.8) is 0 Å². The van der Waals surface area contributed by atoms with Gasteiger partial charge in [-0.1, -0.05) is 6.07 Å². The van der Waals surface area contributed by atoms with Crippen LogP contribution in [-0.2, 0) is 11.2 Å².